The smallest absolute Gasteiger partial charge is 0.167 e. The molecule has 0 aliphatic rings. The van der Waals surface area contributed by atoms with Gasteiger partial charge in [-0.25, -0.2) is 4.39 Å². The number of aryl methyl sites for hydroxylation is 2. The minimum atomic E-state index is -0.298. The molecular weight excluding hydrogens is 227 g/mol. The average molecular weight is 242 g/mol. The Morgan fingerprint density at radius 1 is 1.06 bits per heavy atom. The van der Waals surface area contributed by atoms with E-state index in [1.165, 1.54) is 12.1 Å². The van der Waals surface area contributed by atoms with Crippen molar-refractivity contribution >= 4 is 5.78 Å². The number of rotatable bonds is 3. The van der Waals surface area contributed by atoms with Crippen LogP contribution in [0.4, 0.5) is 4.39 Å². The Balaban J connectivity index is 2.27. The number of carbonyl (C=O) groups excluding carboxylic acids is 1. The number of carbonyl (C=O) groups is 1. The third-order valence-corrected chi connectivity index (χ3v) is 3.11. The maximum atomic E-state index is 13.2. The van der Waals surface area contributed by atoms with Crippen molar-refractivity contribution in [1.82, 2.24) is 0 Å². The van der Waals surface area contributed by atoms with E-state index in [-0.39, 0.29) is 18.0 Å². The van der Waals surface area contributed by atoms with Crippen LogP contribution in [-0.2, 0) is 6.42 Å². The van der Waals surface area contributed by atoms with Gasteiger partial charge in [-0.3, -0.25) is 4.79 Å². The largest absolute Gasteiger partial charge is 0.294 e. The quantitative estimate of drug-likeness (QED) is 0.747. The van der Waals surface area contributed by atoms with Crippen LogP contribution in [0.15, 0.2) is 42.5 Å². The maximum Gasteiger partial charge on any atom is 0.167 e. The summed E-state index contributed by atoms with van der Waals surface area (Å²) in [4.78, 5) is 12.2. The first-order valence-electron chi connectivity index (χ1n) is 5.92. The van der Waals surface area contributed by atoms with E-state index in [9.17, 15) is 9.18 Å². The molecule has 2 aromatic rings. The lowest BCUT2D eigenvalue weighted by Gasteiger charge is -2.07. The van der Waals surface area contributed by atoms with E-state index in [0.717, 1.165) is 16.7 Å². The summed E-state index contributed by atoms with van der Waals surface area (Å²) in [5.74, 6) is -0.269. The van der Waals surface area contributed by atoms with Gasteiger partial charge in [-0.2, -0.15) is 0 Å². The summed E-state index contributed by atoms with van der Waals surface area (Å²) in [7, 11) is 0. The molecule has 0 saturated heterocycles. The molecule has 92 valence electrons. The van der Waals surface area contributed by atoms with Crippen molar-refractivity contribution in [1.29, 1.82) is 0 Å². The average Bonchev–Trinajstić information content (AvgIpc) is 2.34. The molecule has 2 aromatic carbocycles. The number of Topliss-reactive ketones (excluding diaryl/α,β-unsaturated/α-hetero) is 1. The topological polar surface area (TPSA) is 17.1 Å². The normalized spacial score (nSPS) is 10.4. The molecular formula is C16H15FO. The summed E-state index contributed by atoms with van der Waals surface area (Å²) in [6.45, 7) is 3.80. The first kappa shape index (κ1) is 12.5. The van der Waals surface area contributed by atoms with Crippen LogP contribution < -0.4 is 0 Å². The molecule has 0 amide bonds. The molecule has 0 heterocycles. The number of hydrogen-bond acceptors (Lipinski definition) is 1. The number of halogens is 1. The molecule has 0 aliphatic heterocycles. The molecule has 0 atom stereocenters. The Hall–Kier alpha value is -1.96. The van der Waals surface area contributed by atoms with Crippen LogP contribution >= 0.6 is 0 Å². The molecule has 0 N–H and O–H groups in total. The van der Waals surface area contributed by atoms with Crippen LogP contribution in [0.5, 0.6) is 0 Å². The molecule has 0 spiro atoms. The lowest BCUT2D eigenvalue weighted by Crippen LogP contribution is -2.07. The molecule has 1 nitrogen and oxygen atoms in total. The molecule has 2 rings (SSSR count). The summed E-state index contributed by atoms with van der Waals surface area (Å²) >= 11 is 0. The zero-order valence-corrected chi connectivity index (χ0v) is 10.5. The SMILES string of the molecule is Cc1ccc(F)cc1CC(=O)c1ccccc1C. The summed E-state index contributed by atoms with van der Waals surface area (Å²) in [6.07, 6.45) is 0.244. The fraction of sp³-hybridized carbons (Fsp3) is 0.188. The van der Waals surface area contributed by atoms with Crippen molar-refractivity contribution in [3.8, 4) is 0 Å². The minimum absolute atomic E-state index is 0.0294. The van der Waals surface area contributed by atoms with Gasteiger partial charge in [0.15, 0.2) is 5.78 Å². The van der Waals surface area contributed by atoms with E-state index in [1.54, 1.807) is 6.07 Å². The summed E-state index contributed by atoms with van der Waals surface area (Å²) in [5.41, 5.74) is 3.36. The van der Waals surface area contributed by atoms with E-state index in [4.69, 9.17) is 0 Å². The van der Waals surface area contributed by atoms with Gasteiger partial charge in [-0.05, 0) is 42.7 Å². The van der Waals surface area contributed by atoms with Gasteiger partial charge in [-0.1, -0.05) is 30.3 Å². The second kappa shape index (κ2) is 5.13. The van der Waals surface area contributed by atoms with Gasteiger partial charge in [0.2, 0.25) is 0 Å². The first-order valence-corrected chi connectivity index (χ1v) is 5.92. The number of ketones is 1. The van der Waals surface area contributed by atoms with Gasteiger partial charge in [0, 0.05) is 12.0 Å². The summed E-state index contributed by atoms with van der Waals surface area (Å²) in [5, 5.41) is 0. The van der Waals surface area contributed by atoms with E-state index in [2.05, 4.69) is 0 Å². The predicted octanol–water partition coefficient (Wildman–Crippen LogP) is 3.87. The standard InChI is InChI=1S/C16H15FO/c1-11-7-8-14(17)9-13(11)10-16(18)15-6-4-3-5-12(15)2/h3-9H,10H2,1-2H3. The van der Waals surface area contributed by atoms with Crippen LogP contribution in [-0.4, -0.2) is 5.78 Å². The fourth-order valence-electron chi connectivity index (χ4n) is 1.98. The fourth-order valence-corrected chi connectivity index (χ4v) is 1.98. The Labute approximate surface area is 106 Å². The van der Waals surface area contributed by atoms with Gasteiger partial charge in [0.05, 0.1) is 0 Å². The van der Waals surface area contributed by atoms with Crippen molar-refractivity contribution in [3.05, 3.63) is 70.5 Å². The first-order chi connectivity index (χ1) is 8.58. The van der Waals surface area contributed by atoms with Crippen molar-refractivity contribution in [2.45, 2.75) is 20.3 Å². The maximum absolute atomic E-state index is 13.2. The Bertz CT molecular complexity index is 587. The highest BCUT2D eigenvalue weighted by molar-refractivity contribution is 5.98. The van der Waals surface area contributed by atoms with Crippen LogP contribution in [0, 0.1) is 19.7 Å². The molecule has 0 saturated carbocycles. The van der Waals surface area contributed by atoms with E-state index < -0.39 is 0 Å². The van der Waals surface area contributed by atoms with Crippen molar-refractivity contribution in [3.63, 3.8) is 0 Å². The van der Waals surface area contributed by atoms with Crippen molar-refractivity contribution in [2.75, 3.05) is 0 Å². The Morgan fingerprint density at radius 2 is 1.78 bits per heavy atom. The third kappa shape index (κ3) is 2.65. The summed E-state index contributed by atoms with van der Waals surface area (Å²) in [6, 6.07) is 12.0. The third-order valence-electron chi connectivity index (χ3n) is 3.11. The Morgan fingerprint density at radius 3 is 2.50 bits per heavy atom. The van der Waals surface area contributed by atoms with E-state index >= 15 is 0 Å². The van der Waals surface area contributed by atoms with Gasteiger partial charge in [-0.15, -0.1) is 0 Å². The van der Waals surface area contributed by atoms with Crippen molar-refractivity contribution < 1.29 is 9.18 Å². The Kier molecular flexibility index (Phi) is 3.56. The van der Waals surface area contributed by atoms with Crippen LogP contribution in [0.1, 0.15) is 27.0 Å². The highest BCUT2D eigenvalue weighted by atomic mass is 19.1. The van der Waals surface area contributed by atoms with Gasteiger partial charge in [0.25, 0.3) is 0 Å². The zero-order valence-electron chi connectivity index (χ0n) is 10.5. The molecule has 0 aliphatic carbocycles. The second-order valence-electron chi connectivity index (χ2n) is 4.49. The van der Waals surface area contributed by atoms with Crippen molar-refractivity contribution in [2.24, 2.45) is 0 Å². The molecule has 0 aromatic heterocycles. The molecule has 18 heavy (non-hydrogen) atoms. The summed E-state index contributed by atoms with van der Waals surface area (Å²) < 4.78 is 13.2. The van der Waals surface area contributed by atoms with Gasteiger partial charge in [0.1, 0.15) is 5.82 Å². The van der Waals surface area contributed by atoms with Gasteiger partial charge < -0.3 is 0 Å². The highest BCUT2D eigenvalue weighted by Gasteiger charge is 2.11. The minimum Gasteiger partial charge on any atom is -0.294 e. The monoisotopic (exact) mass is 242 g/mol. The highest BCUT2D eigenvalue weighted by Crippen LogP contribution is 2.15. The number of benzene rings is 2. The molecule has 0 radical (unpaired) electrons. The van der Waals surface area contributed by atoms with E-state index in [1.807, 2.05) is 38.1 Å². The lowest BCUT2D eigenvalue weighted by molar-refractivity contribution is 0.0992. The molecule has 2 heteroatoms. The number of hydrogen-bond donors (Lipinski definition) is 0. The second-order valence-corrected chi connectivity index (χ2v) is 4.49. The molecule has 0 unspecified atom stereocenters. The zero-order chi connectivity index (χ0) is 13.1. The van der Waals surface area contributed by atoms with Crippen LogP contribution in [0.2, 0.25) is 0 Å². The van der Waals surface area contributed by atoms with E-state index in [0.29, 0.717) is 5.56 Å². The van der Waals surface area contributed by atoms with Gasteiger partial charge >= 0.3 is 0 Å². The van der Waals surface area contributed by atoms with Crippen LogP contribution in [0.25, 0.3) is 0 Å². The lowest BCUT2D eigenvalue weighted by atomic mass is 9.97. The van der Waals surface area contributed by atoms with Crippen LogP contribution in [0.3, 0.4) is 0 Å². The molecule has 0 fully saturated rings. The molecule has 0 bridgehead atoms. The predicted molar refractivity (Wildman–Crippen MR) is 70.4 cm³/mol.